The van der Waals surface area contributed by atoms with E-state index in [2.05, 4.69) is 4.90 Å². The molecule has 2 aromatic carbocycles. The third-order valence-corrected chi connectivity index (χ3v) is 7.85. The van der Waals surface area contributed by atoms with Gasteiger partial charge in [0.05, 0.1) is 18.6 Å². The van der Waals surface area contributed by atoms with Gasteiger partial charge in [-0.3, -0.25) is 9.69 Å². The molecule has 0 aromatic heterocycles. The Labute approximate surface area is 184 Å². The quantitative estimate of drug-likeness (QED) is 0.687. The second-order valence-corrected chi connectivity index (χ2v) is 9.89. The number of hydrogen-bond acceptors (Lipinski definition) is 5. The topological polar surface area (TPSA) is 70.2 Å². The first-order chi connectivity index (χ1) is 15.0. The number of benzene rings is 2. The van der Waals surface area contributed by atoms with Gasteiger partial charge in [-0.1, -0.05) is 30.3 Å². The van der Waals surface area contributed by atoms with Gasteiger partial charge in [0.25, 0.3) is 0 Å². The van der Waals surface area contributed by atoms with Crippen LogP contribution in [0.3, 0.4) is 0 Å². The van der Waals surface area contributed by atoms with E-state index in [1.807, 2.05) is 12.1 Å². The summed E-state index contributed by atoms with van der Waals surface area (Å²) >= 11 is 0. The van der Waals surface area contributed by atoms with Gasteiger partial charge in [0, 0.05) is 13.1 Å². The summed E-state index contributed by atoms with van der Waals surface area (Å²) in [6.07, 6.45) is 2.12. The molecular weight excluding hydrogens is 414 g/mol. The molecule has 166 valence electrons. The van der Waals surface area contributed by atoms with E-state index < -0.39 is 16.2 Å². The van der Waals surface area contributed by atoms with Gasteiger partial charge in [0.1, 0.15) is 11.9 Å². The molecule has 0 aliphatic carbocycles. The Morgan fingerprint density at radius 2 is 1.61 bits per heavy atom. The maximum absolute atomic E-state index is 13.6. The van der Waals surface area contributed by atoms with Crippen LogP contribution in [0.1, 0.15) is 31.0 Å². The van der Waals surface area contributed by atoms with Crippen molar-refractivity contribution in [2.24, 2.45) is 0 Å². The fourth-order valence-electron chi connectivity index (χ4n) is 4.38. The zero-order valence-corrected chi connectivity index (χ0v) is 18.6. The van der Waals surface area contributed by atoms with E-state index in [9.17, 15) is 13.2 Å². The molecule has 0 bridgehead atoms. The lowest BCUT2D eigenvalue weighted by atomic mass is 10.1. The zero-order chi connectivity index (χ0) is 21.8. The molecule has 2 saturated heterocycles. The molecule has 2 aliphatic rings. The minimum absolute atomic E-state index is 0.0318. The van der Waals surface area contributed by atoms with E-state index in [0.29, 0.717) is 31.8 Å². The minimum atomic E-state index is -3.77. The van der Waals surface area contributed by atoms with Gasteiger partial charge in [-0.15, -0.1) is 0 Å². The minimum Gasteiger partial charge on any atom is -0.497 e. The van der Waals surface area contributed by atoms with E-state index in [1.54, 1.807) is 54.5 Å². The smallest absolute Gasteiger partial charge is 0.245 e. The van der Waals surface area contributed by atoms with Crippen molar-refractivity contribution in [1.29, 1.82) is 0 Å². The standard InChI is InChI=1S/C23H29N3O4S/c1-30-20-12-10-19(11-13-20)23-25(22(27)18-24-14-5-6-15-24)16-7-17-26(23)31(28,29)21-8-3-2-4-9-21/h2-4,8-13,23H,5-7,14-18H2,1H3/t23-/m1/s1. The molecule has 7 nitrogen and oxygen atoms in total. The molecule has 1 atom stereocenters. The normalized spacial score (nSPS) is 20.7. The Morgan fingerprint density at radius 1 is 0.935 bits per heavy atom. The molecule has 4 rings (SSSR count). The summed E-state index contributed by atoms with van der Waals surface area (Å²) in [4.78, 5) is 17.4. The highest BCUT2D eigenvalue weighted by Gasteiger charge is 2.41. The van der Waals surface area contributed by atoms with Crippen LogP contribution in [0.25, 0.3) is 0 Å². The van der Waals surface area contributed by atoms with E-state index in [-0.39, 0.29) is 10.8 Å². The number of rotatable bonds is 6. The Kier molecular flexibility index (Phi) is 6.60. The van der Waals surface area contributed by atoms with Crippen LogP contribution in [0.15, 0.2) is 59.5 Å². The zero-order valence-electron chi connectivity index (χ0n) is 17.8. The van der Waals surface area contributed by atoms with Crippen LogP contribution < -0.4 is 4.74 Å². The average Bonchev–Trinajstić information content (AvgIpc) is 3.32. The summed E-state index contributed by atoms with van der Waals surface area (Å²) in [7, 11) is -2.18. The molecule has 1 amide bonds. The van der Waals surface area contributed by atoms with Crippen LogP contribution in [-0.2, 0) is 14.8 Å². The lowest BCUT2D eigenvalue weighted by molar-refractivity contribution is -0.139. The number of ether oxygens (including phenoxy) is 1. The van der Waals surface area contributed by atoms with E-state index in [0.717, 1.165) is 31.5 Å². The fourth-order valence-corrected chi connectivity index (χ4v) is 6.02. The van der Waals surface area contributed by atoms with Crippen molar-refractivity contribution in [1.82, 2.24) is 14.1 Å². The van der Waals surface area contributed by atoms with Crippen LogP contribution in [-0.4, -0.2) is 68.3 Å². The SMILES string of the molecule is COc1ccc([C@@H]2N(C(=O)CN3CCCC3)CCCN2S(=O)(=O)c2ccccc2)cc1. The molecule has 31 heavy (non-hydrogen) atoms. The summed E-state index contributed by atoms with van der Waals surface area (Å²) in [5.41, 5.74) is 0.759. The Morgan fingerprint density at radius 3 is 2.26 bits per heavy atom. The molecule has 2 fully saturated rings. The van der Waals surface area contributed by atoms with Crippen molar-refractivity contribution in [3.8, 4) is 5.75 Å². The molecule has 0 spiro atoms. The molecule has 0 N–H and O–H groups in total. The largest absolute Gasteiger partial charge is 0.497 e. The summed E-state index contributed by atoms with van der Waals surface area (Å²) in [6.45, 7) is 3.05. The van der Waals surface area contributed by atoms with Gasteiger partial charge in [-0.25, -0.2) is 8.42 Å². The van der Waals surface area contributed by atoms with Crippen molar-refractivity contribution in [3.05, 3.63) is 60.2 Å². The average molecular weight is 444 g/mol. The van der Waals surface area contributed by atoms with Crippen LogP contribution in [0.5, 0.6) is 5.75 Å². The van der Waals surface area contributed by atoms with Crippen molar-refractivity contribution >= 4 is 15.9 Å². The van der Waals surface area contributed by atoms with Gasteiger partial charge >= 0.3 is 0 Å². The van der Waals surface area contributed by atoms with Gasteiger partial charge in [-0.2, -0.15) is 4.31 Å². The maximum atomic E-state index is 13.6. The third-order valence-electron chi connectivity index (χ3n) is 5.99. The van der Waals surface area contributed by atoms with Crippen LogP contribution >= 0.6 is 0 Å². The van der Waals surface area contributed by atoms with Crippen LogP contribution in [0, 0.1) is 0 Å². The highest BCUT2D eigenvalue weighted by Crippen LogP contribution is 2.35. The number of carbonyl (C=O) groups is 1. The molecule has 2 aromatic rings. The second-order valence-electron chi connectivity index (χ2n) is 8.00. The number of methoxy groups -OCH3 is 1. The van der Waals surface area contributed by atoms with Crippen LogP contribution in [0.2, 0.25) is 0 Å². The number of amides is 1. The predicted octanol–water partition coefficient (Wildman–Crippen LogP) is 2.71. The molecule has 2 heterocycles. The molecule has 0 saturated carbocycles. The Bertz CT molecular complexity index is 989. The summed E-state index contributed by atoms with van der Waals surface area (Å²) < 4.78 is 33.9. The number of carbonyl (C=O) groups excluding carboxylic acids is 1. The van der Waals surface area contributed by atoms with E-state index in [1.165, 1.54) is 4.31 Å². The highest BCUT2D eigenvalue weighted by atomic mass is 32.2. The molecule has 0 unspecified atom stereocenters. The van der Waals surface area contributed by atoms with Crippen molar-refractivity contribution in [2.75, 3.05) is 39.8 Å². The first-order valence-electron chi connectivity index (χ1n) is 10.7. The number of likely N-dealkylation sites (tertiary alicyclic amines) is 1. The number of hydrogen-bond donors (Lipinski definition) is 0. The first kappa shape index (κ1) is 21.8. The first-order valence-corrected chi connectivity index (χ1v) is 12.2. The number of sulfonamides is 1. The Balaban J connectivity index is 1.71. The van der Waals surface area contributed by atoms with Crippen molar-refractivity contribution in [2.45, 2.75) is 30.3 Å². The molecular formula is C23H29N3O4S. The van der Waals surface area contributed by atoms with Crippen molar-refractivity contribution < 1.29 is 17.9 Å². The van der Waals surface area contributed by atoms with Gasteiger partial charge in [0.2, 0.25) is 15.9 Å². The fraction of sp³-hybridized carbons (Fsp3) is 0.435. The summed E-state index contributed by atoms with van der Waals surface area (Å²) in [6, 6.07) is 15.7. The highest BCUT2D eigenvalue weighted by molar-refractivity contribution is 7.89. The molecule has 8 heteroatoms. The summed E-state index contributed by atoms with van der Waals surface area (Å²) in [5, 5.41) is 0. The van der Waals surface area contributed by atoms with Gasteiger partial charge in [0.15, 0.2) is 0 Å². The predicted molar refractivity (Wildman–Crippen MR) is 118 cm³/mol. The lowest BCUT2D eigenvalue weighted by Gasteiger charge is -2.43. The second kappa shape index (κ2) is 9.38. The lowest BCUT2D eigenvalue weighted by Crippen LogP contribution is -2.53. The van der Waals surface area contributed by atoms with Gasteiger partial charge in [-0.05, 0) is 62.2 Å². The van der Waals surface area contributed by atoms with E-state index >= 15 is 0 Å². The third kappa shape index (κ3) is 4.61. The van der Waals surface area contributed by atoms with Crippen LogP contribution in [0.4, 0.5) is 0 Å². The van der Waals surface area contributed by atoms with Crippen molar-refractivity contribution in [3.63, 3.8) is 0 Å². The monoisotopic (exact) mass is 443 g/mol. The number of nitrogens with zero attached hydrogens (tertiary/aromatic N) is 3. The molecule has 2 aliphatic heterocycles. The summed E-state index contributed by atoms with van der Waals surface area (Å²) in [5.74, 6) is 0.655. The molecule has 0 radical (unpaired) electrons. The van der Waals surface area contributed by atoms with E-state index in [4.69, 9.17) is 4.74 Å². The maximum Gasteiger partial charge on any atom is 0.245 e. The Hall–Kier alpha value is -2.42. The van der Waals surface area contributed by atoms with Gasteiger partial charge < -0.3 is 9.64 Å².